The summed E-state index contributed by atoms with van der Waals surface area (Å²) in [5, 5.41) is 0. The molecule has 9 heavy (non-hydrogen) atoms. The van der Waals surface area contributed by atoms with Gasteiger partial charge in [-0.1, -0.05) is 13.0 Å². The zero-order valence-electron chi connectivity index (χ0n) is 6.06. The zero-order chi connectivity index (χ0) is 7.33. The smallest absolute Gasteiger partial charge is 0.00119 e. The third-order valence-electron chi connectivity index (χ3n) is 1.67. The van der Waals surface area contributed by atoms with Gasteiger partial charge in [-0.3, -0.25) is 0 Å². The van der Waals surface area contributed by atoms with Crippen molar-refractivity contribution in [3.8, 4) is 0 Å². The van der Waals surface area contributed by atoms with Crippen LogP contribution in [0.1, 0.15) is 13.3 Å². The van der Waals surface area contributed by atoms with Crippen LogP contribution in [0.25, 0.3) is 0 Å². The lowest BCUT2D eigenvalue weighted by Gasteiger charge is -2.21. The number of rotatable bonds is 4. The Bertz CT molecular complexity index is 90.9. The van der Waals surface area contributed by atoms with E-state index in [1.807, 2.05) is 6.08 Å². The summed E-state index contributed by atoms with van der Waals surface area (Å²) in [4.78, 5) is 0. The summed E-state index contributed by atoms with van der Waals surface area (Å²) in [6.45, 7) is 7.06. The third kappa shape index (κ3) is 2.63. The van der Waals surface area contributed by atoms with Gasteiger partial charge in [0.1, 0.15) is 0 Å². The molecule has 0 fully saturated rings. The first kappa shape index (κ1) is 8.66. The van der Waals surface area contributed by atoms with Gasteiger partial charge in [0.2, 0.25) is 0 Å². The summed E-state index contributed by atoms with van der Waals surface area (Å²) in [7, 11) is 0. The molecule has 0 heterocycles. The van der Waals surface area contributed by atoms with E-state index in [0.29, 0.717) is 13.1 Å². The minimum Gasteiger partial charge on any atom is -0.330 e. The summed E-state index contributed by atoms with van der Waals surface area (Å²) < 4.78 is 0. The Labute approximate surface area is 56.9 Å². The lowest BCUT2D eigenvalue weighted by Crippen LogP contribution is -2.27. The maximum atomic E-state index is 5.48. The highest BCUT2D eigenvalue weighted by atomic mass is 14.6. The molecular formula is C7H16N2. The number of hydrogen-bond donors (Lipinski definition) is 2. The van der Waals surface area contributed by atoms with E-state index in [2.05, 4.69) is 13.5 Å². The quantitative estimate of drug-likeness (QED) is 0.541. The van der Waals surface area contributed by atoms with Crippen LogP contribution in [0, 0.1) is 5.41 Å². The molecule has 0 saturated carbocycles. The van der Waals surface area contributed by atoms with E-state index in [9.17, 15) is 0 Å². The highest BCUT2D eigenvalue weighted by Gasteiger charge is 2.15. The van der Waals surface area contributed by atoms with Crippen molar-refractivity contribution in [3.05, 3.63) is 12.7 Å². The van der Waals surface area contributed by atoms with Crippen molar-refractivity contribution in [1.29, 1.82) is 0 Å². The van der Waals surface area contributed by atoms with Crippen LogP contribution in [0.5, 0.6) is 0 Å². The molecule has 4 N–H and O–H groups in total. The predicted octanol–water partition coefficient (Wildman–Crippen LogP) is 0.486. The highest BCUT2D eigenvalue weighted by Crippen LogP contribution is 2.18. The van der Waals surface area contributed by atoms with Gasteiger partial charge in [0.05, 0.1) is 0 Å². The molecule has 54 valence electrons. The number of hydrogen-bond acceptors (Lipinski definition) is 2. The molecule has 0 amide bonds. The summed E-state index contributed by atoms with van der Waals surface area (Å²) in [6.07, 6.45) is 2.80. The van der Waals surface area contributed by atoms with Crippen molar-refractivity contribution in [2.45, 2.75) is 13.3 Å². The minimum absolute atomic E-state index is 0.0503. The average molecular weight is 128 g/mol. The van der Waals surface area contributed by atoms with E-state index in [1.54, 1.807) is 0 Å². The normalized spacial score (nSPS) is 16.8. The topological polar surface area (TPSA) is 52.0 Å². The first-order chi connectivity index (χ1) is 4.18. The molecular weight excluding hydrogens is 112 g/mol. The molecule has 0 saturated heterocycles. The van der Waals surface area contributed by atoms with Crippen molar-refractivity contribution in [2.24, 2.45) is 16.9 Å². The van der Waals surface area contributed by atoms with Gasteiger partial charge in [-0.15, -0.1) is 6.58 Å². The molecule has 0 aliphatic rings. The molecule has 2 heteroatoms. The fourth-order valence-corrected chi connectivity index (χ4v) is 0.617. The molecule has 0 unspecified atom stereocenters. The fourth-order valence-electron chi connectivity index (χ4n) is 0.617. The molecule has 2 nitrogen and oxygen atoms in total. The minimum atomic E-state index is 0.0503. The molecule has 0 bridgehead atoms. The Morgan fingerprint density at radius 1 is 1.56 bits per heavy atom. The van der Waals surface area contributed by atoms with Gasteiger partial charge in [0, 0.05) is 6.54 Å². The van der Waals surface area contributed by atoms with Gasteiger partial charge in [0.25, 0.3) is 0 Å². The second kappa shape index (κ2) is 3.64. The van der Waals surface area contributed by atoms with Gasteiger partial charge in [-0.2, -0.15) is 0 Å². The van der Waals surface area contributed by atoms with Crippen LogP contribution in [0.4, 0.5) is 0 Å². The van der Waals surface area contributed by atoms with Gasteiger partial charge < -0.3 is 11.5 Å². The Kier molecular flexibility index (Phi) is 3.50. The molecule has 0 aromatic rings. The average Bonchev–Trinajstić information content (AvgIpc) is 1.89. The van der Waals surface area contributed by atoms with Crippen LogP contribution in [-0.4, -0.2) is 13.1 Å². The summed E-state index contributed by atoms with van der Waals surface area (Å²) in [6, 6.07) is 0. The molecule has 0 aliphatic heterocycles. The Morgan fingerprint density at radius 2 is 2.11 bits per heavy atom. The van der Waals surface area contributed by atoms with Crippen LogP contribution in [0.15, 0.2) is 12.7 Å². The summed E-state index contributed by atoms with van der Waals surface area (Å²) >= 11 is 0. The second-order valence-electron chi connectivity index (χ2n) is 2.60. The van der Waals surface area contributed by atoms with Gasteiger partial charge in [-0.05, 0) is 18.4 Å². The van der Waals surface area contributed by atoms with Crippen LogP contribution in [0.3, 0.4) is 0 Å². The summed E-state index contributed by atoms with van der Waals surface area (Å²) in [5.41, 5.74) is 10.9. The van der Waals surface area contributed by atoms with Gasteiger partial charge in [0.15, 0.2) is 0 Å². The molecule has 1 atom stereocenters. The maximum Gasteiger partial charge on any atom is 0.00119 e. The largest absolute Gasteiger partial charge is 0.330 e. The van der Waals surface area contributed by atoms with E-state index in [-0.39, 0.29) is 5.41 Å². The van der Waals surface area contributed by atoms with E-state index in [1.165, 1.54) is 0 Å². The Balaban J connectivity index is 3.76. The van der Waals surface area contributed by atoms with Crippen LogP contribution < -0.4 is 11.5 Å². The SMILES string of the molecule is C=C[C@](C)(CN)CCN. The van der Waals surface area contributed by atoms with Crippen molar-refractivity contribution in [1.82, 2.24) is 0 Å². The molecule has 0 radical (unpaired) electrons. The Hall–Kier alpha value is -0.340. The molecule has 0 rings (SSSR count). The molecule has 0 spiro atoms. The van der Waals surface area contributed by atoms with Crippen molar-refractivity contribution in [3.63, 3.8) is 0 Å². The van der Waals surface area contributed by atoms with Gasteiger partial charge in [-0.25, -0.2) is 0 Å². The third-order valence-corrected chi connectivity index (χ3v) is 1.67. The summed E-state index contributed by atoms with van der Waals surface area (Å²) in [5.74, 6) is 0. The molecule has 0 aliphatic carbocycles. The molecule has 0 aromatic carbocycles. The van der Waals surface area contributed by atoms with E-state index >= 15 is 0 Å². The van der Waals surface area contributed by atoms with Crippen molar-refractivity contribution in [2.75, 3.05) is 13.1 Å². The monoisotopic (exact) mass is 128 g/mol. The fraction of sp³-hybridized carbons (Fsp3) is 0.714. The van der Waals surface area contributed by atoms with Gasteiger partial charge >= 0.3 is 0 Å². The van der Waals surface area contributed by atoms with E-state index in [4.69, 9.17) is 11.5 Å². The highest BCUT2D eigenvalue weighted by molar-refractivity contribution is 4.92. The second-order valence-corrected chi connectivity index (χ2v) is 2.60. The maximum absolute atomic E-state index is 5.48. The van der Waals surface area contributed by atoms with Crippen LogP contribution >= 0.6 is 0 Å². The first-order valence-corrected chi connectivity index (χ1v) is 3.22. The standard InChI is InChI=1S/C7H16N2/c1-3-7(2,6-9)4-5-8/h3H,1,4-6,8-9H2,2H3/t7-/m0/s1. The van der Waals surface area contributed by atoms with E-state index < -0.39 is 0 Å². The predicted molar refractivity (Wildman–Crippen MR) is 41.0 cm³/mol. The van der Waals surface area contributed by atoms with Crippen LogP contribution in [-0.2, 0) is 0 Å². The number of nitrogens with two attached hydrogens (primary N) is 2. The molecule has 0 aromatic heterocycles. The van der Waals surface area contributed by atoms with Crippen molar-refractivity contribution < 1.29 is 0 Å². The zero-order valence-corrected chi connectivity index (χ0v) is 6.06. The first-order valence-electron chi connectivity index (χ1n) is 3.22. The lowest BCUT2D eigenvalue weighted by molar-refractivity contribution is 0.412. The van der Waals surface area contributed by atoms with Crippen molar-refractivity contribution >= 4 is 0 Å². The lowest BCUT2D eigenvalue weighted by atomic mass is 9.87. The Morgan fingerprint density at radius 3 is 2.22 bits per heavy atom. The van der Waals surface area contributed by atoms with E-state index in [0.717, 1.165) is 6.42 Å². The van der Waals surface area contributed by atoms with Crippen LogP contribution in [0.2, 0.25) is 0 Å².